The van der Waals surface area contributed by atoms with E-state index in [9.17, 15) is 4.39 Å². The maximum absolute atomic E-state index is 13.3. The van der Waals surface area contributed by atoms with Crippen LogP contribution in [0.15, 0.2) is 28.8 Å². The Morgan fingerprint density at radius 3 is 2.87 bits per heavy atom. The lowest BCUT2D eigenvalue weighted by molar-refractivity contribution is 0.265. The molecule has 1 rings (SSSR count). The molecular weight excluding hydrogens is 242 g/mol. The van der Waals surface area contributed by atoms with Gasteiger partial charge < -0.3 is 9.84 Å². The third-order valence-corrected chi connectivity index (χ3v) is 2.28. The van der Waals surface area contributed by atoms with Crippen molar-refractivity contribution in [2.24, 2.45) is 0 Å². The Balaban J connectivity index is 2.83. The van der Waals surface area contributed by atoms with E-state index in [0.717, 1.165) is 5.54 Å². The van der Waals surface area contributed by atoms with E-state index in [4.69, 9.17) is 33.0 Å². The molecule has 0 fully saturated rings. The van der Waals surface area contributed by atoms with Crippen LogP contribution in [0.4, 0.5) is 4.39 Å². The zero-order valence-electron chi connectivity index (χ0n) is 7.71. The van der Waals surface area contributed by atoms with Crippen molar-refractivity contribution in [3.63, 3.8) is 0 Å². The van der Waals surface area contributed by atoms with E-state index in [-0.39, 0.29) is 24.0 Å². The van der Waals surface area contributed by atoms with Crippen LogP contribution in [0.2, 0.25) is 0 Å². The lowest BCUT2D eigenvalue weighted by Gasteiger charge is -2.09. The fourth-order valence-corrected chi connectivity index (χ4v) is 1.13. The molecule has 1 aromatic rings. The number of hydrogen-bond acceptors (Lipinski definition) is 2. The molecule has 0 aliphatic carbocycles. The zero-order valence-corrected chi connectivity index (χ0v) is 9.22. The molecule has 0 aliphatic rings. The highest BCUT2D eigenvalue weighted by molar-refractivity contribution is 6.36. The largest absolute Gasteiger partial charge is 0.484 e. The highest BCUT2D eigenvalue weighted by atomic mass is 35.5. The highest BCUT2D eigenvalue weighted by Crippen LogP contribution is 2.23. The predicted molar refractivity (Wildman–Crippen MR) is 57.6 cm³/mol. The summed E-state index contributed by atoms with van der Waals surface area (Å²) in [4.78, 5) is 0. The van der Waals surface area contributed by atoms with Gasteiger partial charge >= 0.3 is 0 Å². The first-order chi connectivity index (χ1) is 7.19. The van der Waals surface area contributed by atoms with Crippen LogP contribution in [0.5, 0.6) is 5.75 Å². The minimum Gasteiger partial charge on any atom is -0.484 e. The van der Waals surface area contributed by atoms with Gasteiger partial charge in [0.25, 0.3) is 0 Å². The molecule has 5 heteroatoms. The Morgan fingerprint density at radius 1 is 1.53 bits per heavy atom. The third-order valence-electron chi connectivity index (χ3n) is 1.69. The van der Waals surface area contributed by atoms with Crippen molar-refractivity contribution in [3.8, 4) is 5.75 Å². The van der Waals surface area contributed by atoms with Gasteiger partial charge in [-0.05, 0) is 6.07 Å². The first kappa shape index (κ1) is 12.3. The average Bonchev–Trinajstić information content (AvgIpc) is 2.26. The highest BCUT2D eigenvalue weighted by Gasteiger charge is 2.09. The van der Waals surface area contributed by atoms with Gasteiger partial charge in [0, 0.05) is 11.1 Å². The molecule has 0 heterocycles. The topological polar surface area (TPSA) is 29.5 Å². The summed E-state index contributed by atoms with van der Waals surface area (Å²) in [6.07, 6.45) is 0. The summed E-state index contributed by atoms with van der Waals surface area (Å²) >= 11 is 10.9. The molecule has 0 saturated carbocycles. The number of rotatable bonds is 4. The van der Waals surface area contributed by atoms with Crippen molar-refractivity contribution in [1.29, 1.82) is 0 Å². The Hall–Kier alpha value is -0.770. The quantitative estimate of drug-likeness (QED) is 0.891. The van der Waals surface area contributed by atoms with Crippen LogP contribution < -0.4 is 4.74 Å². The second-order valence-corrected chi connectivity index (χ2v) is 3.43. The van der Waals surface area contributed by atoms with Gasteiger partial charge in [-0.1, -0.05) is 35.3 Å². The molecule has 0 atom stereocenters. The molecule has 0 aromatic heterocycles. The van der Waals surface area contributed by atoms with Crippen molar-refractivity contribution in [2.45, 2.75) is 6.61 Å². The Morgan fingerprint density at radius 2 is 2.27 bits per heavy atom. The number of aliphatic hydroxyl groups is 1. The molecule has 1 N–H and O–H groups in total. The first-order valence-electron chi connectivity index (χ1n) is 4.15. The van der Waals surface area contributed by atoms with Crippen molar-refractivity contribution >= 4 is 23.2 Å². The summed E-state index contributed by atoms with van der Waals surface area (Å²) in [6.45, 7) is -0.325. The summed E-state index contributed by atoms with van der Waals surface area (Å²) in [5.74, 6) is -0.544. The summed E-state index contributed by atoms with van der Waals surface area (Å²) in [5, 5.41) is 9.20. The van der Waals surface area contributed by atoms with Gasteiger partial charge in [-0.2, -0.15) is 0 Å². The minimum atomic E-state index is -0.541. The van der Waals surface area contributed by atoms with Gasteiger partial charge in [-0.25, -0.2) is 4.39 Å². The normalized spacial score (nSPS) is 11.6. The molecule has 1 aromatic carbocycles. The maximum atomic E-state index is 13.3. The second-order valence-electron chi connectivity index (χ2n) is 2.73. The Bertz CT molecular complexity index is 366. The summed E-state index contributed by atoms with van der Waals surface area (Å²) in [6, 6.07) is 4.30. The van der Waals surface area contributed by atoms with Gasteiger partial charge in [0.2, 0.25) is 0 Å². The number of halogens is 3. The lowest BCUT2D eigenvalue weighted by atomic mass is 10.2. The van der Waals surface area contributed by atoms with E-state index in [1.54, 1.807) is 6.07 Å². The summed E-state index contributed by atoms with van der Waals surface area (Å²) in [7, 11) is 0. The predicted octanol–water partition coefficient (Wildman–Crippen LogP) is 3.02. The number of ether oxygens (including phenoxy) is 1. The molecule has 0 aliphatic heterocycles. The lowest BCUT2D eigenvalue weighted by Crippen LogP contribution is -2.02. The molecular formula is C10H9Cl2FO2. The van der Waals surface area contributed by atoms with E-state index in [1.807, 2.05) is 0 Å². The van der Waals surface area contributed by atoms with Crippen LogP contribution >= 0.6 is 23.2 Å². The minimum absolute atomic E-state index is 0.00309. The average molecular weight is 251 g/mol. The molecule has 15 heavy (non-hydrogen) atoms. The number of para-hydroxylation sites is 1. The van der Waals surface area contributed by atoms with Crippen LogP contribution in [-0.4, -0.2) is 11.7 Å². The van der Waals surface area contributed by atoms with Crippen LogP contribution in [0.1, 0.15) is 5.56 Å². The van der Waals surface area contributed by atoms with E-state index in [0.29, 0.717) is 5.56 Å². The fraction of sp³-hybridized carbons (Fsp3) is 0.200. The molecule has 0 amide bonds. The second kappa shape index (κ2) is 5.95. The van der Waals surface area contributed by atoms with E-state index >= 15 is 0 Å². The van der Waals surface area contributed by atoms with Crippen LogP contribution in [-0.2, 0) is 6.61 Å². The summed E-state index contributed by atoms with van der Waals surface area (Å²) in [5.41, 5.74) is 1.51. The molecule has 82 valence electrons. The standard InChI is InChI=1S/C10H9Cl2FO2/c11-4-8(12)6-15-10-7(5-14)2-1-3-9(10)13/h1-4,14H,5-6H2/b8-4-. The fourth-order valence-electron chi connectivity index (χ4n) is 1.01. The Labute approximate surface area is 96.9 Å². The SMILES string of the molecule is OCc1cccc(F)c1OC/C(Cl)=C/Cl. The van der Waals surface area contributed by atoms with Crippen molar-refractivity contribution < 1.29 is 14.2 Å². The van der Waals surface area contributed by atoms with Gasteiger partial charge in [0.1, 0.15) is 6.61 Å². The molecule has 0 bridgehead atoms. The molecule has 2 nitrogen and oxygen atoms in total. The number of benzene rings is 1. The number of aliphatic hydroxyl groups excluding tert-OH is 1. The van der Waals surface area contributed by atoms with Gasteiger partial charge in [0.15, 0.2) is 11.6 Å². The van der Waals surface area contributed by atoms with Crippen molar-refractivity contribution in [2.75, 3.05) is 6.61 Å². The van der Waals surface area contributed by atoms with Crippen molar-refractivity contribution in [1.82, 2.24) is 0 Å². The molecule has 0 saturated heterocycles. The molecule has 0 radical (unpaired) electrons. The zero-order chi connectivity index (χ0) is 11.3. The van der Waals surface area contributed by atoms with Gasteiger partial charge in [-0.3, -0.25) is 0 Å². The third kappa shape index (κ3) is 3.38. The molecule has 0 unspecified atom stereocenters. The van der Waals surface area contributed by atoms with Crippen LogP contribution in [0, 0.1) is 5.82 Å². The van der Waals surface area contributed by atoms with Gasteiger partial charge in [-0.15, -0.1) is 0 Å². The smallest absolute Gasteiger partial charge is 0.165 e. The van der Waals surface area contributed by atoms with E-state index < -0.39 is 5.82 Å². The van der Waals surface area contributed by atoms with E-state index in [1.165, 1.54) is 12.1 Å². The van der Waals surface area contributed by atoms with E-state index in [2.05, 4.69) is 0 Å². The Kier molecular flexibility index (Phi) is 4.88. The first-order valence-corrected chi connectivity index (χ1v) is 4.96. The molecule has 0 spiro atoms. The number of hydrogen-bond donors (Lipinski definition) is 1. The van der Waals surface area contributed by atoms with Gasteiger partial charge in [0.05, 0.1) is 11.6 Å². The van der Waals surface area contributed by atoms with Crippen LogP contribution in [0.25, 0.3) is 0 Å². The monoisotopic (exact) mass is 250 g/mol. The van der Waals surface area contributed by atoms with Crippen molar-refractivity contribution in [3.05, 3.63) is 40.1 Å². The maximum Gasteiger partial charge on any atom is 0.165 e. The van der Waals surface area contributed by atoms with Crippen LogP contribution in [0.3, 0.4) is 0 Å². The summed E-state index contributed by atoms with van der Waals surface area (Å²) < 4.78 is 18.4.